The van der Waals surface area contributed by atoms with E-state index in [0.29, 0.717) is 10.8 Å². The Morgan fingerprint density at radius 1 is 1.38 bits per heavy atom. The summed E-state index contributed by atoms with van der Waals surface area (Å²) >= 11 is 1.01. The van der Waals surface area contributed by atoms with Crippen molar-refractivity contribution in [3.63, 3.8) is 0 Å². The van der Waals surface area contributed by atoms with Crippen molar-refractivity contribution in [2.45, 2.75) is 38.8 Å². The Labute approximate surface area is 127 Å². The molecule has 2 fully saturated rings. The summed E-state index contributed by atoms with van der Waals surface area (Å²) in [5.41, 5.74) is -0.0758. The molecule has 1 aliphatic heterocycles. The average Bonchev–Trinajstić information content (AvgIpc) is 2.94. The van der Waals surface area contributed by atoms with E-state index in [2.05, 4.69) is 19.2 Å². The number of carbonyl (C=O) groups is 2. The van der Waals surface area contributed by atoms with E-state index < -0.39 is 5.97 Å². The third-order valence-corrected chi connectivity index (χ3v) is 5.73. The van der Waals surface area contributed by atoms with Gasteiger partial charge in [-0.3, -0.25) is 4.79 Å². The molecule has 0 bridgehead atoms. The molecule has 1 saturated carbocycles. The largest absolute Gasteiger partial charge is 0.477 e. The van der Waals surface area contributed by atoms with E-state index in [1.807, 2.05) is 0 Å². The fourth-order valence-electron chi connectivity index (χ4n) is 3.60. The van der Waals surface area contributed by atoms with E-state index in [9.17, 15) is 9.59 Å². The summed E-state index contributed by atoms with van der Waals surface area (Å²) in [6.07, 6.45) is 2.32. The Kier molecular flexibility index (Phi) is 3.53. The van der Waals surface area contributed by atoms with Crippen LogP contribution in [0, 0.1) is 11.3 Å². The molecule has 1 amide bonds. The SMILES string of the molecule is CC1(C)C(NC(=O)c2ccc(C(=O)O)s2)C2CCCOC21. The molecule has 2 N–H and O–H groups in total. The quantitative estimate of drug-likeness (QED) is 0.899. The summed E-state index contributed by atoms with van der Waals surface area (Å²) in [5.74, 6) is -0.810. The van der Waals surface area contributed by atoms with Gasteiger partial charge in [0.15, 0.2) is 0 Å². The first kappa shape index (κ1) is 14.5. The van der Waals surface area contributed by atoms with Crippen molar-refractivity contribution in [2.75, 3.05) is 6.61 Å². The Bertz CT molecular complexity index is 580. The highest BCUT2D eigenvalue weighted by atomic mass is 32.1. The molecule has 1 saturated heterocycles. The lowest BCUT2D eigenvalue weighted by Crippen LogP contribution is -2.70. The third-order valence-electron chi connectivity index (χ3n) is 4.66. The molecule has 6 heteroatoms. The molecule has 3 rings (SSSR count). The minimum absolute atomic E-state index is 0.0758. The van der Waals surface area contributed by atoms with Crippen LogP contribution in [0.25, 0.3) is 0 Å². The Hall–Kier alpha value is -1.40. The van der Waals surface area contributed by atoms with Crippen LogP contribution >= 0.6 is 11.3 Å². The maximum Gasteiger partial charge on any atom is 0.345 e. The van der Waals surface area contributed by atoms with Crippen molar-refractivity contribution in [1.82, 2.24) is 5.32 Å². The molecule has 0 aromatic carbocycles. The zero-order chi connectivity index (χ0) is 15.2. The first-order valence-electron chi connectivity index (χ1n) is 7.17. The minimum Gasteiger partial charge on any atom is -0.477 e. The monoisotopic (exact) mass is 309 g/mol. The molecule has 0 spiro atoms. The van der Waals surface area contributed by atoms with Crippen LogP contribution in [0.2, 0.25) is 0 Å². The average molecular weight is 309 g/mol. The van der Waals surface area contributed by atoms with Crippen molar-refractivity contribution in [3.8, 4) is 0 Å². The lowest BCUT2D eigenvalue weighted by atomic mass is 9.55. The molecule has 2 aliphatic rings. The van der Waals surface area contributed by atoms with Crippen molar-refractivity contribution < 1.29 is 19.4 Å². The van der Waals surface area contributed by atoms with Crippen molar-refractivity contribution in [1.29, 1.82) is 0 Å². The third kappa shape index (κ3) is 2.36. The molecular weight excluding hydrogens is 290 g/mol. The highest BCUT2D eigenvalue weighted by Gasteiger charge is 2.58. The summed E-state index contributed by atoms with van der Waals surface area (Å²) in [5, 5.41) is 12.0. The lowest BCUT2D eigenvalue weighted by molar-refractivity contribution is -0.189. The first-order chi connectivity index (χ1) is 9.91. The number of thiophene rings is 1. The second kappa shape index (κ2) is 5.10. The molecule has 1 aliphatic carbocycles. The molecule has 3 unspecified atom stereocenters. The van der Waals surface area contributed by atoms with Crippen LogP contribution in [0.4, 0.5) is 0 Å². The van der Waals surface area contributed by atoms with Gasteiger partial charge in [0, 0.05) is 24.0 Å². The van der Waals surface area contributed by atoms with Crippen LogP contribution in [0.3, 0.4) is 0 Å². The van der Waals surface area contributed by atoms with E-state index in [1.165, 1.54) is 6.07 Å². The van der Waals surface area contributed by atoms with Crippen LogP contribution in [0.5, 0.6) is 0 Å². The standard InChI is InChI=1S/C15H19NO4S/c1-15(2)11(8-4-3-7-20-12(8)15)16-13(17)9-5-6-10(21-9)14(18)19/h5-6,8,11-12H,3-4,7H2,1-2H3,(H,16,17)(H,18,19). The second-order valence-electron chi connectivity index (χ2n) is 6.34. The summed E-state index contributed by atoms with van der Waals surface area (Å²) in [7, 11) is 0. The number of fused-ring (bicyclic) bond motifs is 1. The zero-order valence-electron chi connectivity index (χ0n) is 12.1. The minimum atomic E-state index is -0.997. The molecule has 3 atom stereocenters. The topological polar surface area (TPSA) is 75.6 Å². The zero-order valence-corrected chi connectivity index (χ0v) is 12.9. The van der Waals surface area contributed by atoms with Gasteiger partial charge in [-0.15, -0.1) is 11.3 Å². The first-order valence-corrected chi connectivity index (χ1v) is 7.98. The van der Waals surface area contributed by atoms with Crippen LogP contribution in [0.1, 0.15) is 46.0 Å². The molecule has 0 radical (unpaired) electrons. The van der Waals surface area contributed by atoms with Gasteiger partial charge >= 0.3 is 5.97 Å². The smallest absolute Gasteiger partial charge is 0.345 e. The van der Waals surface area contributed by atoms with Gasteiger partial charge in [0.05, 0.1) is 11.0 Å². The molecule has 5 nitrogen and oxygen atoms in total. The summed E-state index contributed by atoms with van der Waals surface area (Å²) in [6, 6.07) is 3.13. The molecule has 1 aromatic heterocycles. The van der Waals surface area contributed by atoms with Gasteiger partial charge in [0.1, 0.15) is 4.88 Å². The maximum atomic E-state index is 12.3. The van der Waals surface area contributed by atoms with Crippen LogP contribution in [-0.2, 0) is 4.74 Å². The molecule has 21 heavy (non-hydrogen) atoms. The van der Waals surface area contributed by atoms with Crippen molar-refractivity contribution >= 4 is 23.2 Å². The summed E-state index contributed by atoms with van der Waals surface area (Å²) < 4.78 is 5.82. The maximum absolute atomic E-state index is 12.3. The van der Waals surface area contributed by atoms with E-state index in [0.717, 1.165) is 30.8 Å². The number of carboxylic acid groups (broad SMARTS) is 1. The summed E-state index contributed by atoms with van der Waals surface area (Å²) in [4.78, 5) is 23.8. The number of aromatic carboxylic acids is 1. The van der Waals surface area contributed by atoms with E-state index in [-0.39, 0.29) is 28.3 Å². The highest BCUT2D eigenvalue weighted by molar-refractivity contribution is 7.15. The van der Waals surface area contributed by atoms with Gasteiger partial charge in [0.25, 0.3) is 5.91 Å². The molecule has 114 valence electrons. The van der Waals surface area contributed by atoms with E-state index in [4.69, 9.17) is 9.84 Å². The number of nitrogens with one attached hydrogen (secondary N) is 1. The molecular formula is C15H19NO4S. The predicted molar refractivity (Wildman–Crippen MR) is 78.8 cm³/mol. The van der Waals surface area contributed by atoms with Crippen LogP contribution in [0.15, 0.2) is 12.1 Å². The predicted octanol–water partition coefficient (Wildman–Crippen LogP) is 2.38. The Morgan fingerprint density at radius 3 is 2.76 bits per heavy atom. The van der Waals surface area contributed by atoms with Gasteiger partial charge in [-0.05, 0) is 25.0 Å². The molecule has 2 heterocycles. The number of rotatable bonds is 3. The number of hydrogen-bond acceptors (Lipinski definition) is 4. The van der Waals surface area contributed by atoms with Crippen LogP contribution < -0.4 is 5.32 Å². The van der Waals surface area contributed by atoms with Gasteiger partial charge in [-0.1, -0.05) is 13.8 Å². The second-order valence-corrected chi connectivity index (χ2v) is 7.42. The fourth-order valence-corrected chi connectivity index (χ4v) is 4.35. The Morgan fingerprint density at radius 2 is 2.10 bits per heavy atom. The van der Waals surface area contributed by atoms with E-state index in [1.54, 1.807) is 6.07 Å². The number of ether oxygens (including phenoxy) is 1. The van der Waals surface area contributed by atoms with Crippen molar-refractivity contribution in [3.05, 3.63) is 21.9 Å². The lowest BCUT2D eigenvalue weighted by Gasteiger charge is -2.59. The van der Waals surface area contributed by atoms with Gasteiger partial charge < -0.3 is 15.2 Å². The van der Waals surface area contributed by atoms with Gasteiger partial charge in [-0.2, -0.15) is 0 Å². The van der Waals surface area contributed by atoms with Crippen LogP contribution in [-0.4, -0.2) is 35.7 Å². The number of carbonyl (C=O) groups excluding carboxylic acids is 1. The van der Waals surface area contributed by atoms with E-state index >= 15 is 0 Å². The Balaban J connectivity index is 1.70. The number of carboxylic acids is 1. The molecule has 1 aromatic rings. The fraction of sp³-hybridized carbons (Fsp3) is 0.600. The summed E-state index contributed by atoms with van der Waals surface area (Å²) in [6.45, 7) is 5.03. The number of amides is 1. The van der Waals surface area contributed by atoms with Gasteiger partial charge in [0.2, 0.25) is 0 Å². The van der Waals surface area contributed by atoms with Crippen molar-refractivity contribution in [2.24, 2.45) is 11.3 Å². The number of hydrogen-bond donors (Lipinski definition) is 2. The normalized spacial score (nSPS) is 30.1. The highest BCUT2D eigenvalue weighted by Crippen LogP contribution is 2.51. The van der Waals surface area contributed by atoms with Gasteiger partial charge in [-0.25, -0.2) is 4.79 Å².